The second kappa shape index (κ2) is 9.53. The first kappa shape index (κ1) is 14.0. The van der Waals surface area contributed by atoms with Gasteiger partial charge in [0.05, 0.1) is 0 Å². The van der Waals surface area contributed by atoms with Gasteiger partial charge in [0.25, 0.3) is 0 Å². The Morgan fingerprint density at radius 3 is 1.57 bits per heavy atom. The van der Waals surface area contributed by atoms with Crippen molar-refractivity contribution in [3.05, 3.63) is 0 Å². The van der Waals surface area contributed by atoms with Crippen molar-refractivity contribution < 1.29 is 19.1 Å². The molecule has 0 unspecified atom stereocenters. The monoisotopic (exact) mass is 334 g/mol. The van der Waals surface area contributed by atoms with Gasteiger partial charge >= 0.3 is 95.0 Å². The molecule has 0 aliphatic heterocycles. The Morgan fingerprint density at radius 1 is 0.929 bits per heavy atom. The average molecular weight is 332 g/mol. The van der Waals surface area contributed by atoms with E-state index in [2.05, 4.69) is 0 Å². The zero-order chi connectivity index (χ0) is 10.8. The second-order valence-electron chi connectivity index (χ2n) is 2.13. The van der Waals surface area contributed by atoms with Crippen LogP contribution in [0.5, 0.6) is 0 Å². The molecule has 6 heteroatoms. The van der Waals surface area contributed by atoms with Gasteiger partial charge in [-0.25, -0.2) is 0 Å². The Hall–Kier alpha value is -0.0210. The first-order chi connectivity index (χ1) is 6.70. The molecule has 0 aromatic carbocycles. The second-order valence-corrected chi connectivity index (χ2v) is 9.47. The summed E-state index contributed by atoms with van der Waals surface area (Å²) in [6, 6.07) is 0. The topological polar surface area (TPSA) is 52.6 Å². The van der Waals surface area contributed by atoms with Crippen LogP contribution < -0.4 is 0 Å². The number of esters is 2. The molecule has 14 heavy (non-hydrogen) atoms. The Labute approximate surface area is 95.0 Å². The van der Waals surface area contributed by atoms with Crippen LogP contribution in [0.15, 0.2) is 0 Å². The van der Waals surface area contributed by atoms with Crippen LogP contribution >= 0.6 is 0 Å². The molecule has 0 amide bonds. The van der Waals surface area contributed by atoms with E-state index in [0.29, 0.717) is 23.9 Å². The number of hydrogen-bond donors (Lipinski definition) is 0. The molecule has 0 saturated heterocycles. The maximum absolute atomic E-state index is 10.9. The van der Waals surface area contributed by atoms with Crippen LogP contribution in [-0.4, -0.2) is 51.4 Å². The number of hydrogen-bond acceptors (Lipinski definition) is 4. The van der Waals surface area contributed by atoms with Crippen LogP contribution in [0.25, 0.3) is 0 Å². The van der Waals surface area contributed by atoms with Crippen molar-refractivity contribution >= 4 is 38.2 Å². The minimum absolute atomic E-state index is 0.154. The molecule has 0 fully saturated rings. The van der Waals surface area contributed by atoms with Crippen LogP contribution in [0.4, 0.5) is 0 Å². The molecule has 0 N–H and O–H groups in total. The maximum atomic E-state index is 10.9. The molecule has 0 rings (SSSR count). The molecule has 4 nitrogen and oxygen atoms in total. The summed E-state index contributed by atoms with van der Waals surface area (Å²) in [4.78, 5) is 21.8. The zero-order valence-electron chi connectivity index (χ0n) is 8.28. The summed E-state index contributed by atoms with van der Waals surface area (Å²) in [5.41, 5.74) is 0. The van der Waals surface area contributed by atoms with E-state index >= 15 is 0 Å². The standard InChI is InChI=1S/C8H14O4Se2/c1-3-11-7(9)5-13-14-6-8(10)12-4-2/h3-6H2,1-2H3. The molecule has 0 aromatic heterocycles. The Balaban J connectivity index is 3.28. The molecule has 0 aliphatic carbocycles. The summed E-state index contributed by atoms with van der Waals surface area (Å²) < 4.78 is 9.53. The SMILES string of the molecule is CCOC(=O)C[Se][Se]CC(=O)OCC. The fraction of sp³-hybridized carbons (Fsp3) is 0.750. The van der Waals surface area contributed by atoms with E-state index in [4.69, 9.17) is 9.47 Å². The third kappa shape index (κ3) is 8.57. The predicted molar refractivity (Wildman–Crippen MR) is 54.4 cm³/mol. The van der Waals surface area contributed by atoms with Crippen LogP contribution in [0.3, 0.4) is 0 Å². The van der Waals surface area contributed by atoms with Gasteiger partial charge in [-0.1, -0.05) is 0 Å². The van der Waals surface area contributed by atoms with Crippen molar-refractivity contribution in [2.75, 3.05) is 13.2 Å². The molecule has 0 heterocycles. The van der Waals surface area contributed by atoms with Crippen molar-refractivity contribution in [3.63, 3.8) is 0 Å². The number of carbonyl (C=O) groups is 2. The van der Waals surface area contributed by atoms with Gasteiger partial charge in [-0.05, 0) is 0 Å². The van der Waals surface area contributed by atoms with E-state index in [-0.39, 0.29) is 38.2 Å². The normalized spacial score (nSPS) is 9.57. The van der Waals surface area contributed by atoms with Gasteiger partial charge in [0.1, 0.15) is 0 Å². The van der Waals surface area contributed by atoms with Gasteiger partial charge in [0.15, 0.2) is 0 Å². The molecule has 0 spiro atoms. The summed E-state index contributed by atoms with van der Waals surface area (Å²) >= 11 is 0.429. The van der Waals surface area contributed by atoms with E-state index < -0.39 is 0 Å². The van der Waals surface area contributed by atoms with Crippen LogP contribution in [0, 0.1) is 0 Å². The van der Waals surface area contributed by atoms with Gasteiger partial charge < -0.3 is 0 Å². The summed E-state index contributed by atoms with van der Waals surface area (Å²) in [7, 11) is 0. The van der Waals surface area contributed by atoms with Gasteiger partial charge in [-0.3, -0.25) is 0 Å². The molecular formula is C8H14O4Se2. The summed E-state index contributed by atoms with van der Waals surface area (Å²) in [6.07, 6.45) is 0. The first-order valence-corrected chi connectivity index (χ1v) is 11.0. The van der Waals surface area contributed by atoms with E-state index in [1.54, 1.807) is 13.8 Å². The molecule has 82 valence electrons. The average Bonchev–Trinajstić information content (AvgIpc) is 2.13. The van der Waals surface area contributed by atoms with Crippen LogP contribution in [0.1, 0.15) is 13.8 Å². The van der Waals surface area contributed by atoms with Crippen molar-refractivity contribution in [2.45, 2.75) is 24.5 Å². The minimum atomic E-state index is -0.154. The Bertz CT molecular complexity index is 164. The number of ether oxygens (including phenoxy) is 2. The van der Waals surface area contributed by atoms with Gasteiger partial charge in [0.2, 0.25) is 0 Å². The van der Waals surface area contributed by atoms with Crippen molar-refractivity contribution in [3.8, 4) is 0 Å². The molecule has 0 aromatic rings. The number of carbonyl (C=O) groups excluding carboxylic acids is 2. The van der Waals surface area contributed by atoms with E-state index in [1.807, 2.05) is 0 Å². The van der Waals surface area contributed by atoms with E-state index in [9.17, 15) is 9.59 Å². The van der Waals surface area contributed by atoms with Gasteiger partial charge in [0, 0.05) is 0 Å². The predicted octanol–water partition coefficient (Wildman–Crippen LogP) is 0.273. The van der Waals surface area contributed by atoms with Gasteiger partial charge in [-0.2, -0.15) is 0 Å². The fourth-order valence-corrected chi connectivity index (χ4v) is 5.60. The zero-order valence-corrected chi connectivity index (χ0v) is 11.7. The molecular weight excluding hydrogens is 318 g/mol. The quantitative estimate of drug-likeness (QED) is 0.382. The van der Waals surface area contributed by atoms with Crippen LogP contribution in [-0.2, 0) is 19.1 Å². The molecule has 0 atom stereocenters. The summed E-state index contributed by atoms with van der Waals surface area (Å²) in [5, 5.41) is 0.945. The van der Waals surface area contributed by atoms with Gasteiger partial charge in [-0.15, -0.1) is 0 Å². The third-order valence-electron chi connectivity index (χ3n) is 1.05. The van der Waals surface area contributed by atoms with E-state index in [1.165, 1.54) is 0 Å². The fourth-order valence-electron chi connectivity index (χ4n) is 0.585. The number of rotatable bonds is 7. The van der Waals surface area contributed by atoms with Crippen molar-refractivity contribution in [2.24, 2.45) is 0 Å². The third-order valence-corrected chi connectivity index (χ3v) is 7.27. The van der Waals surface area contributed by atoms with Crippen LogP contribution in [0.2, 0.25) is 10.6 Å². The van der Waals surface area contributed by atoms with Crippen molar-refractivity contribution in [1.82, 2.24) is 0 Å². The molecule has 0 aliphatic rings. The van der Waals surface area contributed by atoms with E-state index in [0.717, 1.165) is 0 Å². The Kier molecular flexibility index (Phi) is 9.52. The summed E-state index contributed by atoms with van der Waals surface area (Å²) in [5.74, 6) is -0.309. The summed E-state index contributed by atoms with van der Waals surface area (Å²) in [6.45, 7) is 4.43. The Morgan fingerprint density at radius 2 is 1.29 bits per heavy atom. The van der Waals surface area contributed by atoms with Crippen molar-refractivity contribution in [1.29, 1.82) is 0 Å². The first-order valence-electron chi connectivity index (χ1n) is 4.26. The molecule has 0 bridgehead atoms. The molecule has 0 radical (unpaired) electrons. The molecule has 0 saturated carbocycles.